The number of benzene rings is 4. The number of Topliss-reactive ketones (excluding diaryl/α,β-unsaturated/α-hetero) is 1. The number of ketones is 1. The second-order valence-electron chi connectivity index (χ2n) is 8.25. The molecule has 1 nitrogen and oxygen atoms in total. The Morgan fingerprint density at radius 1 is 0.618 bits per heavy atom. The molecule has 5 aromatic rings. The van der Waals surface area contributed by atoms with Crippen molar-refractivity contribution in [1.29, 1.82) is 0 Å². The topological polar surface area (TPSA) is 17.1 Å². The predicted molar refractivity (Wildman–Crippen MR) is 150 cm³/mol. The molecule has 0 saturated carbocycles. The molecule has 3 heteroatoms. The average Bonchev–Trinajstić information content (AvgIpc) is 3.40. The van der Waals surface area contributed by atoms with E-state index in [9.17, 15) is 4.79 Å². The van der Waals surface area contributed by atoms with Crippen LogP contribution in [0.4, 0.5) is 0 Å². The van der Waals surface area contributed by atoms with Gasteiger partial charge in [0, 0.05) is 4.88 Å². The number of aryl methyl sites for hydroxylation is 1. The summed E-state index contributed by atoms with van der Waals surface area (Å²) in [6.07, 6.45) is 0. The van der Waals surface area contributed by atoms with E-state index < -0.39 is 6.89 Å². The summed E-state index contributed by atoms with van der Waals surface area (Å²) in [6, 6.07) is 43.9. The molecule has 166 valence electrons. The lowest BCUT2D eigenvalue weighted by Gasteiger charge is -2.28. The van der Waals surface area contributed by atoms with Gasteiger partial charge in [-0.05, 0) is 53.2 Å². The van der Waals surface area contributed by atoms with Crippen LogP contribution in [0.25, 0.3) is 10.4 Å². The van der Waals surface area contributed by atoms with Gasteiger partial charge in [0.2, 0.25) is 0 Å². The molecule has 0 N–H and O–H groups in total. The largest absolute Gasteiger partial charge is 0.288 e. The molecule has 0 fully saturated rings. The minimum atomic E-state index is -2.31. The molecule has 1 aromatic heterocycles. The van der Waals surface area contributed by atoms with Crippen molar-refractivity contribution in [3.63, 3.8) is 0 Å². The van der Waals surface area contributed by atoms with Crippen LogP contribution >= 0.6 is 18.2 Å². The summed E-state index contributed by atoms with van der Waals surface area (Å²) in [5.74, 6) is 2.09. The molecule has 0 aliphatic carbocycles. The zero-order valence-electron chi connectivity index (χ0n) is 19.0. The predicted octanol–water partition coefficient (Wildman–Crippen LogP) is 6.70. The van der Waals surface area contributed by atoms with Crippen molar-refractivity contribution < 1.29 is 4.79 Å². The number of carbonyl (C=O) groups excluding carboxylic acids is 1. The zero-order chi connectivity index (χ0) is 23.4. The molecule has 0 aliphatic heterocycles. The molecule has 0 spiro atoms. The van der Waals surface area contributed by atoms with Gasteiger partial charge >= 0.3 is 0 Å². The number of hydrogen-bond donors (Lipinski definition) is 0. The Balaban J connectivity index is 1.70. The van der Waals surface area contributed by atoms with Crippen LogP contribution in [0.5, 0.6) is 0 Å². The molecule has 4 aromatic carbocycles. The summed E-state index contributed by atoms with van der Waals surface area (Å²) >= 11 is 1.56. The molecule has 0 atom stereocenters. The second kappa shape index (κ2) is 9.81. The summed E-state index contributed by atoms with van der Waals surface area (Å²) in [6.45, 7) is -0.226. The first-order valence-corrected chi connectivity index (χ1v) is 14.0. The maximum Gasteiger partial charge on any atom is 0.196 e. The van der Waals surface area contributed by atoms with Gasteiger partial charge < -0.3 is 0 Å². The molecule has 0 bridgehead atoms. The van der Waals surface area contributed by atoms with Crippen LogP contribution in [0.3, 0.4) is 0 Å². The van der Waals surface area contributed by atoms with Gasteiger partial charge in [-0.3, -0.25) is 4.79 Å². The molecule has 5 rings (SSSR count). The van der Waals surface area contributed by atoms with E-state index >= 15 is 0 Å². The standard InChI is InChI=1S/C31H25OPS/c1-24-17-19-25(20-18-24)30-21-22-31(34-30)29(32)23-33(26-11-5-2-6-12-26,27-13-7-3-8-14-27)28-15-9-4-10-16-28/h2-23H,1H3. The minimum absolute atomic E-state index is 0.0771. The van der Waals surface area contributed by atoms with Crippen LogP contribution in [-0.2, 0) is 0 Å². The normalized spacial score (nSPS) is 11.2. The lowest BCUT2D eigenvalue weighted by Crippen LogP contribution is -2.28. The van der Waals surface area contributed by atoms with E-state index in [2.05, 4.69) is 110 Å². The quantitative estimate of drug-likeness (QED) is 0.197. The van der Waals surface area contributed by atoms with Crippen LogP contribution in [-0.4, -0.2) is 11.6 Å². The van der Waals surface area contributed by atoms with Crippen molar-refractivity contribution in [2.24, 2.45) is 0 Å². The molecule has 0 amide bonds. The van der Waals surface area contributed by atoms with E-state index in [1.807, 2.05) is 30.1 Å². The number of rotatable bonds is 6. The van der Waals surface area contributed by atoms with Crippen molar-refractivity contribution >= 4 is 45.7 Å². The fourth-order valence-corrected chi connectivity index (χ4v) is 9.01. The van der Waals surface area contributed by atoms with E-state index in [0.29, 0.717) is 0 Å². The van der Waals surface area contributed by atoms with E-state index in [4.69, 9.17) is 0 Å². The fraction of sp³-hybridized carbons (Fsp3) is 0.0323. The highest BCUT2D eigenvalue weighted by molar-refractivity contribution is 7.95. The Labute approximate surface area is 205 Å². The fourth-order valence-electron chi connectivity index (χ4n) is 4.24. The third kappa shape index (κ3) is 4.35. The highest BCUT2D eigenvalue weighted by Gasteiger charge is 2.27. The van der Waals surface area contributed by atoms with Gasteiger partial charge in [0.25, 0.3) is 0 Å². The van der Waals surface area contributed by atoms with E-state index in [-0.39, 0.29) is 5.78 Å². The third-order valence-corrected chi connectivity index (χ3v) is 11.1. The lowest BCUT2D eigenvalue weighted by atomic mass is 10.1. The molecule has 1 heterocycles. The van der Waals surface area contributed by atoms with E-state index in [0.717, 1.165) is 15.3 Å². The van der Waals surface area contributed by atoms with Crippen LogP contribution in [0, 0.1) is 6.92 Å². The molecule has 0 radical (unpaired) electrons. The summed E-state index contributed by atoms with van der Waals surface area (Å²) in [5, 5.41) is 3.53. The Bertz CT molecular complexity index is 1350. The van der Waals surface area contributed by atoms with Gasteiger partial charge in [-0.2, -0.15) is 0 Å². The SMILES string of the molecule is Cc1ccc(-c2ccc(C(=O)C=P(c3ccccc3)(c3ccccc3)c3ccccc3)s2)cc1. The van der Waals surface area contributed by atoms with Gasteiger partial charge in [-0.1, -0.05) is 121 Å². The number of thiophene rings is 1. The maximum absolute atomic E-state index is 13.9. The minimum Gasteiger partial charge on any atom is -0.288 e. The molecular formula is C31H25OPS. The number of carbonyl (C=O) groups is 1. The first-order chi connectivity index (χ1) is 16.7. The molecule has 0 unspecified atom stereocenters. The first kappa shape index (κ1) is 22.3. The zero-order valence-corrected chi connectivity index (χ0v) is 20.7. The second-order valence-corrected chi connectivity index (χ2v) is 12.6. The Morgan fingerprint density at radius 3 is 1.56 bits per heavy atom. The number of hydrogen-bond acceptors (Lipinski definition) is 2. The van der Waals surface area contributed by atoms with E-state index in [1.54, 1.807) is 11.3 Å². The van der Waals surface area contributed by atoms with Gasteiger partial charge in [-0.25, -0.2) is 0 Å². The van der Waals surface area contributed by atoms with Gasteiger partial charge in [0.15, 0.2) is 5.78 Å². The summed E-state index contributed by atoms with van der Waals surface area (Å²) in [7, 11) is 0. The van der Waals surface area contributed by atoms with Crippen molar-refractivity contribution in [2.75, 3.05) is 0 Å². The molecule has 34 heavy (non-hydrogen) atoms. The first-order valence-electron chi connectivity index (χ1n) is 11.3. The van der Waals surface area contributed by atoms with Crippen molar-refractivity contribution in [2.45, 2.75) is 6.92 Å². The van der Waals surface area contributed by atoms with Crippen molar-refractivity contribution in [3.8, 4) is 10.4 Å². The highest BCUT2D eigenvalue weighted by Crippen LogP contribution is 2.44. The highest BCUT2D eigenvalue weighted by atomic mass is 32.1. The van der Waals surface area contributed by atoms with Crippen LogP contribution < -0.4 is 15.9 Å². The lowest BCUT2D eigenvalue weighted by molar-refractivity contribution is 0.107. The van der Waals surface area contributed by atoms with Gasteiger partial charge in [0.1, 0.15) is 0 Å². The van der Waals surface area contributed by atoms with Crippen LogP contribution in [0.1, 0.15) is 15.2 Å². The summed E-state index contributed by atoms with van der Waals surface area (Å²) < 4.78 is 0. The average molecular weight is 477 g/mol. The summed E-state index contributed by atoms with van der Waals surface area (Å²) in [4.78, 5) is 15.7. The molecule has 0 saturated heterocycles. The maximum atomic E-state index is 13.9. The Morgan fingerprint density at radius 2 is 1.09 bits per heavy atom. The summed E-state index contributed by atoms with van der Waals surface area (Å²) in [5.41, 5.74) is 2.37. The van der Waals surface area contributed by atoms with Crippen LogP contribution in [0.15, 0.2) is 127 Å². The van der Waals surface area contributed by atoms with Gasteiger partial charge in [0.05, 0.1) is 4.88 Å². The third-order valence-electron chi connectivity index (χ3n) is 5.99. The molecule has 0 aliphatic rings. The smallest absolute Gasteiger partial charge is 0.196 e. The van der Waals surface area contributed by atoms with Crippen molar-refractivity contribution in [1.82, 2.24) is 0 Å². The van der Waals surface area contributed by atoms with E-state index in [1.165, 1.54) is 21.5 Å². The van der Waals surface area contributed by atoms with Gasteiger partial charge in [-0.15, -0.1) is 11.3 Å². The Kier molecular flexibility index (Phi) is 6.45. The van der Waals surface area contributed by atoms with Crippen molar-refractivity contribution in [3.05, 3.63) is 138 Å². The monoisotopic (exact) mass is 476 g/mol. The van der Waals surface area contributed by atoms with Crippen LogP contribution in [0.2, 0.25) is 0 Å². The molecular weight excluding hydrogens is 451 g/mol. The Hall–Kier alpha value is -3.45.